The molecule has 0 aliphatic carbocycles. The van der Waals surface area contributed by atoms with Crippen molar-refractivity contribution in [3.05, 3.63) is 33.4 Å². The van der Waals surface area contributed by atoms with Gasteiger partial charge in [0.1, 0.15) is 9.87 Å². The summed E-state index contributed by atoms with van der Waals surface area (Å²) in [4.78, 5) is 10.7. The summed E-state index contributed by atoms with van der Waals surface area (Å²) < 4.78 is 14.6. The molecule has 1 aromatic rings. The lowest BCUT2D eigenvalue weighted by Crippen LogP contribution is -2.40. The van der Waals surface area contributed by atoms with Crippen molar-refractivity contribution >= 4 is 28.6 Å². The molecule has 1 aromatic heterocycles. The van der Waals surface area contributed by atoms with Crippen molar-refractivity contribution < 1.29 is 14.3 Å². The Morgan fingerprint density at radius 2 is 2.30 bits per heavy atom. The Bertz CT molecular complexity index is 510. The molecule has 2 rings (SSSR count). The van der Waals surface area contributed by atoms with E-state index in [4.69, 9.17) is 5.11 Å². The van der Waals surface area contributed by atoms with Crippen LogP contribution in [-0.2, 0) is 11.2 Å². The third kappa shape index (κ3) is 4.27. The molecule has 7 nitrogen and oxygen atoms in total. The lowest BCUT2D eigenvalue weighted by Gasteiger charge is -2.17. The quantitative estimate of drug-likeness (QED) is 0.610. The third-order valence-electron chi connectivity index (χ3n) is 2.65. The van der Waals surface area contributed by atoms with Crippen molar-refractivity contribution in [1.29, 1.82) is 0 Å². The van der Waals surface area contributed by atoms with Gasteiger partial charge in [-0.2, -0.15) is 5.10 Å². The summed E-state index contributed by atoms with van der Waals surface area (Å²) in [5.74, 6) is -1.09. The Morgan fingerprint density at radius 1 is 1.50 bits per heavy atom. The Labute approximate surface area is 128 Å². The van der Waals surface area contributed by atoms with Crippen molar-refractivity contribution in [1.82, 2.24) is 26.2 Å². The van der Waals surface area contributed by atoms with E-state index >= 15 is 0 Å². The zero-order valence-corrected chi connectivity index (χ0v) is 12.5. The molecule has 1 aliphatic rings. The number of carboxylic acid groups (broad SMARTS) is 1. The molecular weight excluding hydrogens is 380 g/mol. The number of halogens is 2. The summed E-state index contributed by atoms with van der Waals surface area (Å²) in [6.07, 6.45) is 1.00. The van der Waals surface area contributed by atoms with Crippen molar-refractivity contribution in [2.75, 3.05) is 6.54 Å². The van der Waals surface area contributed by atoms with Gasteiger partial charge in [0.05, 0.1) is 12.2 Å². The first-order chi connectivity index (χ1) is 9.54. The van der Waals surface area contributed by atoms with Gasteiger partial charge in [-0.3, -0.25) is 10.4 Å². The van der Waals surface area contributed by atoms with Crippen LogP contribution in [0.1, 0.15) is 12.1 Å². The van der Waals surface area contributed by atoms with Gasteiger partial charge in [0.2, 0.25) is 0 Å². The van der Waals surface area contributed by atoms with Gasteiger partial charge in [-0.25, -0.2) is 9.18 Å². The summed E-state index contributed by atoms with van der Waals surface area (Å²) in [5, 5.41) is 18.0. The number of aryl methyl sites for hydroxylation is 1. The average Bonchev–Trinajstić information content (AvgIpc) is 2.87. The van der Waals surface area contributed by atoms with Gasteiger partial charge in [0.15, 0.2) is 5.70 Å². The first-order valence-corrected chi connectivity index (χ1v) is 6.98. The fraction of sp³-hybridized carbons (Fsp3) is 0.364. The van der Waals surface area contributed by atoms with Crippen LogP contribution in [0.4, 0.5) is 4.39 Å². The Morgan fingerprint density at radius 3 is 2.90 bits per heavy atom. The number of hydrogen-bond donors (Lipinski definition) is 3. The van der Waals surface area contributed by atoms with Crippen LogP contribution in [-0.4, -0.2) is 39.0 Å². The second-order valence-corrected chi connectivity index (χ2v) is 5.33. The van der Waals surface area contributed by atoms with Gasteiger partial charge in [-0.1, -0.05) is 0 Å². The van der Waals surface area contributed by atoms with Gasteiger partial charge in [0, 0.05) is 6.20 Å². The number of aromatic nitrogens is 2. The molecule has 20 heavy (non-hydrogen) atoms. The van der Waals surface area contributed by atoms with Crippen LogP contribution in [0.3, 0.4) is 0 Å². The lowest BCUT2D eigenvalue weighted by molar-refractivity contribution is -0.133. The van der Waals surface area contributed by atoms with E-state index in [1.165, 1.54) is 11.2 Å². The zero-order valence-electron chi connectivity index (χ0n) is 10.4. The van der Waals surface area contributed by atoms with Gasteiger partial charge in [-0.15, -0.1) is 10.6 Å². The topological polar surface area (TPSA) is 90.4 Å². The van der Waals surface area contributed by atoms with Crippen LogP contribution < -0.4 is 11.0 Å². The smallest absolute Gasteiger partial charge is 0.354 e. The summed E-state index contributed by atoms with van der Waals surface area (Å²) in [6.45, 7) is 0.0571. The summed E-state index contributed by atoms with van der Waals surface area (Å²) >= 11 is 2.05. The number of carboxylic acids is 1. The van der Waals surface area contributed by atoms with Crippen LogP contribution in [0.2, 0.25) is 0 Å². The molecule has 0 bridgehead atoms. The summed E-state index contributed by atoms with van der Waals surface area (Å²) in [5.41, 5.74) is 5.73. The SMILES string of the molecule is O=C(O)C1=CN(C[C@H](F)CCc2ccc(I)nn2)NN1. The highest BCUT2D eigenvalue weighted by molar-refractivity contribution is 14.1. The molecule has 0 spiro atoms. The fourth-order valence-corrected chi connectivity index (χ4v) is 1.93. The highest BCUT2D eigenvalue weighted by Gasteiger charge is 2.19. The van der Waals surface area contributed by atoms with E-state index < -0.39 is 12.1 Å². The molecular formula is C11H13FIN5O2. The third-order valence-corrected chi connectivity index (χ3v) is 3.22. The number of hydrogen-bond acceptors (Lipinski definition) is 6. The maximum absolute atomic E-state index is 13.8. The minimum absolute atomic E-state index is 0.0132. The highest BCUT2D eigenvalue weighted by atomic mass is 127. The molecule has 1 atom stereocenters. The molecule has 0 fully saturated rings. The first-order valence-electron chi connectivity index (χ1n) is 5.90. The van der Waals surface area contributed by atoms with Gasteiger partial charge < -0.3 is 5.11 Å². The van der Waals surface area contributed by atoms with Crippen LogP contribution in [0, 0.1) is 3.70 Å². The van der Waals surface area contributed by atoms with Gasteiger partial charge in [0.25, 0.3) is 0 Å². The number of nitrogens with one attached hydrogen (secondary N) is 2. The van der Waals surface area contributed by atoms with Crippen molar-refractivity contribution in [2.45, 2.75) is 19.0 Å². The van der Waals surface area contributed by atoms with E-state index in [0.717, 1.165) is 9.39 Å². The monoisotopic (exact) mass is 393 g/mol. The van der Waals surface area contributed by atoms with Crippen LogP contribution in [0.25, 0.3) is 0 Å². The number of alkyl halides is 1. The van der Waals surface area contributed by atoms with Crippen molar-refractivity contribution in [3.63, 3.8) is 0 Å². The number of hydrazine groups is 2. The minimum Gasteiger partial charge on any atom is -0.476 e. The Balaban J connectivity index is 1.77. The molecule has 9 heteroatoms. The second-order valence-electron chi connectivity index (χ2n) is 4.22. The molecule has 2 heterocycles. The van der Waals surface area contributed by atoms with Crippen LogP contribution in [0.15, 0.2) is 24.0 Å². The minimum atomic E-state index is -1.10. The molecule has 108 valence electrons. The molecule has 0 saturated carbocycles. The van der Waals surface area contributed by atoms with E-state index in [0.29, 0.717) is 12.8 Å². The van der Waals surface area contributed by atoms with Gasteiger partial charge >= 0.3 is 5.97 Å². The largest absolute Gasteiger partial charge is 0.476 e. The zero-order chi connectivity index (χ0) is 14.5. The van der Waals surface area contributed by atoms with E-state index in [1.54, 1.807) is 0 Å². The first kappa shape index (κ1) is 14.9. The van der Waals surface area contributed by atoms with E-state index in [-0.39, 0.29) is 12.2 Å². The van der Waals surface area contributed by atoms with Crippen LogP contribution >= 0.6 is 22.6 Å². The van der Waals surface area contributed by atoms with Crippen molar-refractivity contribution in [3.8, 4) is 0 Å². The van der Waals surface area contributed by atoms with Gasteiger partial charge in [-0.05, 0) is 47.6 Å². The summed E-state index contributed by atoms with van der Waals surface area (Å²) in [6, 6.07) is 3.64. The molecule has 0 saturated heterocycles. The molecule has 0 amide bonds. The van der Waals surface area contributed by atoms with E-state index in [1.807, 2.05) is 12.1 Å². The molecule has 0 radical (unpaired) electrons. The highest BCUT2D eigenvalue weighted by Crippen LogP contribution is 2.09. The Kier molecular flexibility index (Phi) is 5.06. The predicted octanol–water partition coefficient (Wildman–Crippen LogP) is 0.603. The fourth-order valence-electron chi connectivity index (χ4n) is 1.65. The number of rotatable bonds is 6. The standard InChI is InChI=1S/C11H13FIN5O2/c12-7(1-2-8-3-4-10(13)16-14-8)5-18-6-9(11(19)20)15-17-18/h3-4,6-7,15,17H,1-2,5H2,(H,19,20)/t7-/m1/s1. The Hall–Kier alpha value is -1.49. The van der Waals surface area contributed by atoms with E-state index in [9.17, 15) is 9.18 Å². The van der Waals surface area contributed by atoms with E-state index in [2.05, 4.69) is 43.7 Å². The lowest BCUT2D eigenvalue weighted by atomic mass is 10.1. The number of aliphatic carboxylic acids is 1. The maximum atomic E-state index is 13.8. The average molecular weight is 393 g/mol. The molecule has 3 N–H and O–H groups in total. The predicted molar refractivity (Wildman–Crippen MR) is 76.7 cm³/mol. The molecule has 0 aromatic carbocycles. The number of nitrogens with zero attached hydrogens (tertiary/aromatic N) is 3. The summed E-state index contributed by atoms with van der Waals surface area (Å²) in [7, 11) is 0. The normalized spacial score (nSPS) is 15.7. The second kappa shape index (κ2) is 6.79. The van der Waals surface area contributed by atoms with Crippen molar-refractivity contribution in [2.24, 2.45) is 0 Å². The molecule has 0 unspecified atom stereocenters. The van der Waals surface area contributed by atoms with Crippen LogP contribution in [0.5, 0.6) is 0 Å². The number of carbonyl (C=O) groups is 1. The maximum Gasteiger partial charge on any atom is 0.354 e. The molecule has 1 aliphatic heterocycles.